The Balaban J connectivity index is 1.79. The molecule has 1 aromatic heterocycles. The van der Waals surface area contributed by atoms with Gasteiger partial charge in [-0.25, -0.2) is 0 Å². The third kappa shape index (κ3) is 4.94. The number of carbonyl (C=O) groups excluding carboxylic acids is 2. The topological polar surface area (TPSA) is 80.2 Å². The predicted molar refractivity (Wildman–Crippen MR) is 93.8 cm³/mol. The number of pyridine rings is 1. The van der Waals surface area contributed by atoms with Crippen LogP contribution in [0.3, 0.4) is 0 Å². The lowest BCUT2D eigenvalue weighted by atomic mass is 9.79. The van der Waals surface area contributed by atoms with Gasteiger partial charge in [0.15, 0.2) is 0 Å². The van der Waals surface area contributed by atoms with Crippen LogP contribution < -0.4 is 16.2 Å². The van der Waals surface area contributed by atoms with Gasteiger partial charge in [0.1, 0.15) is 0 Å². The average molecular weight is 333 g/mol. The molecule has 0 aromatic carbocycles. The monoisotopic (exact) mass is 333 g/mol. The molecule has 0 spiro atoms. The minimum atomic E-state index is -0.701. The summed E-state index contributed by atoms with van der Waals surface area (Å²) >= 11 is 0. The molecule has 0 radical (unpaired) electrons. The molecule has 2 amide bonds. The van der Waals surface area contributed by atoms with E-state index < -0.39 is 11.8 Å². The minimum Gasteiger partial charge on any atom is -0.348 e. The van der Waals surface area contributed by atoms with Crippen LogP contribution in [0.25, 0.3) is 0 Å². The highest BCUT2D eigenvalue weighted by molar-refractivity contribution is 6.39. The lowest BCUT2D eigenvalue weighted by Crippen LogP contribution is -2.37. The number of aromatic nitrogens is 1. The highest BCUT2D eigenvalue weighted by Gasteiger charge is 2.21. The molecule has 1 aliphatic carbocycles. The van der Waals surface area contributed by atoms with Crippen molar-refractivity contribution < 1.29 is 9.59 Å². The maximum Gasteiger partial charge on any atom is 0.313 e. The van der Waals surface area contributed by atoms with E-state index in [1.54, 1.807) is 0 Å². The van der Waals surface area contributed by atoms with E-state index in [1.807, 2.05) is 6.92 Å². The molecular weight excluding hydrogens is 306 g/mol. The number of aryl methyl sites for hydroxylation is 1. The second kappa shape index (κ2) is 8.66. The standard InChI is InChI=1S/C18H27N3O3/c1-3-21-12-15(8-9-16(21)22)20-18(24)17(23)19-11-10-14-7-5-4-6-13(14)2/h8-9,12-14H,3-7,10-11H2,1-2H3,(H,19,23)(H,20,24). The molecular formula is C18H27N3O3. The highest BCUT2D eigenvalue weighted by Crippen LogP contribution is 2.31. The van der Waals surface area contributed by atoms with E-state index >= 15 is 0 Å². The molecule has 2 unspecified atom stereocenters. The van der Waals surface area contributed by atoms with E-state index in [-0.39, 0.29) is 5.56 Å². The van der Waals surface area contributed by atoms with Crippen molar-refractivity contribution in [2.45, 2.75) is 52.5 Å². The Labute approximate surface area is 142 Å². The normalized spacial score (nSPS) is 20.4. The summed E-state index contributed by atoms with van der Waals surface area (Å²) in [4.78, 5) is 35.3. The number of hydrogen-bond donors (Lipinski definition) is 2. The van der Waals surface area contributed by atoms with Crippen LogP contribution in [0.5, 0.6) is 0 Å². The van der Waals surface area contributed by atoms with Crippen molar-refractivity contribution in [3.63, 3.8) is 0 Å². The van der Waals surface area contributed by atoms with Crippen molar-refractivity contribution in [1.29, 1.82) is 0 Å². The Morgan fingerprint density at radius 3 is 2.67 bits per heavy atom. The number of nitrogens with zero attached hydrogens (tertiary/aromatic N) is 1. The van der Waals surface area contributed by atoms with Crippen LogP contribution in [-0.4, -0.2) is 22.9 Å². The van der Waals surface area contributed by atoms with Gasteiger partial charge in [-0.15, -0.1) is 0 Å². The molecule has 6 heteroatoms. The summed E-state index contributed by atoms with van der Waals surface area (Å²) in [6.45, 7) is 5.14. The van der Waals surface area contributed by atoms with Crippen LogP contribution in [0.1, 0.15) is 46.0 Å². The van der Waals surface area contributed by atoms with Gasteiger partial charge in [0, 0.05) is 25.4 Å². The van der Waals surface area contributed by atoms with E-state index in [9.17, 15) is 14.4 Å². The predicted octanol–water partition coefficient (Wildman–Crippen LogP) is 2.14. The summed E-state index contributed by atoms with van der Waals surface area (Å²) < 4.78 is 1.47. The summed E-state index contributed by atoms with van der Waals surface area (Å²) in [5.74, 6) is -0.00417. The molecule has 6 nitrogen and oxygen atoms in total. The van der Waals surface area contributed by atoms with E-state index in [0.717, 1.165) is 6.42 Å². The Morgan fingerprint density at radius 2 is 1.96 bits per heavy atom. The first-order chi connectivity index (χ1) is 11.5. The summed E-state index contributed by atoms with van der Waals surface area (Å²) in [5, 5.41) is 5.22. The molecule has 1 aliphatic rings. The lowest BCUT2D eigenvalue weighted by Gasteiger charge is -2.28. The second-order valence-corrected chi connectivity index (χ2v) is 6.56. The van der Waals surface area contributed by atoms with Gasteiger partial charge in [-0.1, -0.05) is 32.6 Å². The molecule has 0 bridgehead atoms. The number of rotatable bonds is 5. The number of nitrogens with one attached hydrogen (secondary N) is 2. The van der Waals surface area contributed by atoms with Gasteiger partial charge in [0.25, 0.3) is 5.56 Å². The Bertz CT molecular complexity index is 639. The molecule has 0 aliphatic heterocycles. The van der Waals surface area contributed by atoms with E-state index in [4.69, 9.17) is 0 Å². The lowest BCUT2D eigenvalue weighted by molar-refractivity contribution is -0.136. The summed E-state index contributed by atoms with van der Waals surface area (Å²) in [6, 6.07) is 2.88. The Hall–Kier alpha value is -2.11. The van der Waals surface area contributed by atoms with Gasteiger partial charge in [-0.3, -0.25) is 14.4 Å². The molecule has 1 fully saturated rings. The first kappa shape index (κ1) is 18.2. The van der Waals surface area contributed by atoms with Crippen molar-refractivity contribution >= 4 is 17.5 Å². The van der Waals surface area contributed by atoms with Gasteiger partial charge in [-0.2, -0.15) is 0 Å². The van der Waals surface area contributed by atoms with Gasteiger partial charge in [0.2, 0.25) is 0 Å². The third-order valence-electron chi connectivity index (χ3n) is 4.88. The zero-order valence-corrected chi connectivity index (χ0v) is 14.5. The van der Waals surface area contributed by atoms with Gasteiger partial charge in [-0.05, 0) is 31.2 Å². The van der Waals surface area contributed by atoms with Crippen LogP contribution in [0.2, 0.25) is 0 Å². The molecule has 132 valence electrons. The van der Waals surface area contributed by atoms with Crippen molar-refractivity contribution in [3.05, 3.63) is 28.7 Å². The van der Waals surface area contributed by atoms with Crippen LogP contribution >= 0.6 is 0 Å². The maximum absolute atomic E-state index is 11.9. The summed E-state index contributed by atoms with van der Waals surface area (Å²) in [5.41, 5.74) is 0.305. The van der Waals surface area contributed by atoms with Crippen LogP contribution in [-0.2, 0) is 16.1 Å². The van der Waals surface area contributed by atoms with E-state index in [0.29, 0.717) is 30.6 Å². The molecule has 0 saturated heterocycles. The third-order valence-corrected chi connectivity index (χ3v) is 4.88. The first-order valence-corrected chi connectivity index (χ1v) is 8.81. The quantitative estimate of drug-likeness (QED) is 0.810. The van der Waals surface area contributed by atoms with Crippen molar-refractivity contribution in [2.24, 2.45) is 11.8 Å². The SMILES string of the molecule is CCn1cc(NC(=O)C(=O)NCCC2CCCCC2C)ccc1=O. The fraction of sp³-hybridized carbons (Fsp3) is 0.611. The van der Waals surface area contributed by atoms with Crippen molar-refractivity contribution in [3.8, 4) is 0 Å². The first-order valence-electron chi connectivity index (χ1n) is 8.81. The minimum absolute atomic E-state index is 0.137. The number of anilines is 1. The van der Waals surface area contributed by atoms with Crippen LogP contribution in [0.15, 0.2) is 23.1 Å². The fourth-order valence-electron chi connectivity index (χ4n) is 3.31. The summed E-state index contributed by atoms with van der Waals surface area (Å²) in [7, 11) is 0. The number of carbonyl (C=O) groups is 2. The van der Waals surface area contributed by atoms with Crippen LogP contribution in [0, 0.1) is 11.8 Å². The molecule has 2 atom stereocenters. The number of hydrogen-bond acceptors (Lipinski definition) is 3. The largest absolute Gasteiger partial charge is 0.348 e. The van der Waals surface area contributed by atoms with Crippen LogP contribution in [0.4, 0.5) is 5.69 Å². The molecule has 24 heavy (non-hydrogen) atoms. The van der Waals surface area contributed by atoms with Crippen molar-refractivity contribution in [1.82, 2.24) is 9.88 Å². The van der Waals surface area contributed by atoms with Gasteiger partial charge >= 0.3 is 11.8 Å². The van der Waals surface area contributed by atoms with Crippen molar-refractivity contribution in [2.75, 3.05) is 11.9 Å². The van der Waals surface area contributed by atoms with Gasteiger partial charge < -0.3 is 15.2 Å². The Morgan fingerprint density at radius 1 is 1.21 bits per heavy atom. The Kier molecular flexibility index (Phi) is 6.58. The fourth-order valence-corrected chi connectivity index (χ4v) is 3.31. The average Bonchev–Trinajstić information content (AvgIpc) is 2.58. The molecule has 1 heterocycles. The maximum atomic E-state index is 11.9. The second-order valence-electron chi connectivity index (χ2n) is 6.56. The highest BCUT2D eigenvalue weighted by atomic mass is 16.2. The van der Waals surface area contributed by atoms with E-state index in [1.165, 1.54) is 48.6 Å². The molecule has 1 aromatic rings. The zero-order valence-electron chi connectivity index (χ0n) is 14.5. The molecule has 1 saturated carbocycles. The molecule has 2 rings (SSSR count). The van der Waals surface area contributed by atoms with E-state index in [2.05, 4.69) is 17.6 Å². The zero-order chi connectivity index (χ0) is 17.5. The summed E-state index contributed by atoms with van der Waals surface area (Å²) in [6.07, 6.45) is 7.48. The van der Waals surface area contributed by atoms with Gasteiger partial charge in [0.05, 0.1) is 5.69 Å². The smallest absolute Gasteiger partial charge is 0.313 e. The number of amides is 2. The molecule has 2 N–H and O–H groups in total.